The standard InChI is InChI=1S/C20H16N2O3S3/c23-20(21-13-16-7-3-9-26-16)17-11-14-5-1-2-6-15(14)12-18(17)22-28(24,25)19-8-4-10-27-19/h1-12,22H,13H2,(H,21,23). The van der Waals surface area contributed by atoms with Gasteiger partial charge in [0.1, 0.15) is 4.21 Å². The third-order valence-electron chi connectivity index (χ3n) is 4.14. The molecule has 2 aromatic heterocycles. The number of fused-ring (bicyclic) bond motifs is 1. The van der Waals surface area contributed by atoms with Crippen LogP contribution in [0.2, 0.25) is 0 Å². The normalized spacial score (nSPS) is 11.4. The van der Waals surface area contributed by atoms with E-state index >= 15 is 0 Å². The summed E-state index contributed by atoms with van der Waals surface area (Å²) < 4.78 is 28.2. The van der Waals surface area contributed by atoms with Crippen molar-refractivity contribution < 1.29 is 13.2 Å². The number of carbonyl (C=O) groups excluding carboxylic acids is 1. The molecule has 4 rings (SSSR count). The van der Waals surface area contributed by atoms with Gasteiger partial charge in [-0.15, -0.1) is 22.7 Å². The number of thiophene rings is 2. The summed E-state index contributed by atoms with van der Waals surface area (Å²) in [6.45, 7) is 0.389. The van der Waals surface area contributed by atoms with Crippen molar-refractivity contribution in [2.45, 2.75) is 10.8 Å². The van der Waals surface area contributed by atoms with E-state index < -0.39 is 10.0 Å². The molecule has 0 atom stereocenters. The number of sulfonamides is 1. The molecule has 0 radical (unpaired) electrons. The molecule has 2 aromatic carbocycles. The molecule has 0 fully saturated rings. The number of anilines is 1. The van der Waals surface area contributed by atoms with Crippen molar-refractivity contribution >= 4 is 55.1 Å². The molecule has 0 saturated heterocycles. The molecule has 2 N–H and O–H groups in total. The summed E-state index contributed by atoms with van der Waals surface area (Å²) in [5.74, 6) is -0.331. The molecular formula is C20H16N2O3S3. The van der Waals surface area contributed by atoms with E-state index in [2.05, 4.69) is 10.0 Å². The third kappa shape index (κ3) is 3.94. The maximum Gasteiger partial charge on any atom is 0.271 e. The Balaban J connectivity index is 1.71. The average Bonchev–Trinajstić information content (AvgIpc) is 3.39. The lowest BCUT2D eigenvalue weighted by Gasteiger charge is -2.13. The molecule has 0 aliphatic rings. The smallest absolute Gasteiger partial charge is 0.271 e. The average molecular weight is 429 g/mol. The number of carbonyl (C=O) groups is 1. The molecule has 5 nitrogen and oxygen atoms in total. The molecule has 0 aliphatic heterocycles. The van der Waals surface area contributed by atoms with Crippen LogP contribution in [0, 0.1) is 0 Å². The minimum absolute atomic E-state index is 0.200. The fraction of sp³-hybridized carbons (Fsp3) is 0.0500. The van der Waals surface area contributed by atoms with E-state index in [1.165, 1.54) is 6.07 Å². The molecule has 2 heterocycles. The Hall–Kier alpha value is -2.68. The highest BCUT2D eigenvalue weighted by atomic mass is 32.2. The van der Waals surface area contributed by atoms with Crippen LogP contribution in [0.3, 0.4) is 0 Å². The van der Waals surface area contributed by atoms with Crippen molar-refractivity contribution in [1.29, 1.82) is 0 Å². The summed E-state index contributed by atoms with van der Waals surface area (Å²) in [5, 5.41) is 8.22. The summed E-state index contributed by atoms with van der Waals surface area (Å²) in [5.41, 5.74) is 0.547. The van der Waals surface area contributed by atoms with E-state index in [1.807, 2.05) is 41.8 Å². The molecule has 28 heavy (non-hydrogen) atoms. The first-order chi connectivity index (χ1) is 13.5. The number of nitrogens with one attached hydrogen (secondary N) is 2. The van der Waals surface area contributed by atoms with Crippen molar-refractivity contribution in [2.24, 2.45) is 0 Å². The highest BCUT2D eigenvalue weighted by Crippen LogP contribution is 2.28. The van der Waals surface area contributed by atoms with Crippen LogP contribution in [-0.4, -0.2) is 14.3 Å². The van der Waals surface area contributed by atoms with Gasteiger partial charge in [0, 0.05) is 4.88 Å². The lowest BCUT2D eigenvalue weighted by Crippen LogP contribution is -2.24. The molecule has 4 aromatic rings. The largest absolute Gasteiger partial charge is 0.347 e. The van der Waals surface area contributed by atoms with Gasteiger partial charge in [0.25, 0.3) is 15.9 Å². The van der Waals surface area contributed by atoms with Crippen molar-refractivity contribution in [3.63, 3.8) is 0 Å². The lowest BCUT2D eigenvalue weighted by molar-refractivity contribution is 0.0952. The Morgan fingerprint density at radius 3 is 2.29 bits per heavy atom. The van der Waals surface area contributed by atoms with Gasteiger partial charge in [-0.2, -0.15) is 0 Å². The van der Waals surface area contributed by atoms with E-state index in [4.69, 9.17) is 0 Å². The van der Waals surface area contributed by atoms with Crippen LogP contribution in [0.15, 0.2) is 75.6 Å². The highest BCUT2D eigenvalue weighted by molar-refractivity contribution is 7.94. The Bertz CT molecular complexity index is 1220. The van der Waals surface area contributed by atoms with Crippen molar-refractivity contribution in [1.82, 2.24) is 5.32 Å². The van der Waals surface area contributed by atoms with Gasteiger partial charge in [0.05, 0.1) is 17.8 Å². The molecule has 0 spiro atoms. The zero-order valence-electron chi connectivity index (χ0n) is 14.6. The lowest BCUT2D eigenvalue weighted by atomic mass is 10.0. The molecule has 0 unspecified atom stereocenters. The van der Waals surface area contributed by atoms with Gasteiger partial charge in [-0.1, -0.05) is 36.4 Å². The van der Waals surface area contributed by atoms with Gasteiger partial charge >= 0.3 is 0 Å². The first-order valence-corrected chi connectivity index (χ1v) is 11.7. The minimum Gasteiger partial charge on any atom is -0.347 e. The second-order valence-electron chi connectivity index (χ2n) is 6.04. The molecule has 1 amide bonds. The number of hydrogen-bond acceptors (Lipinski definition) is 5. The fourth-order valence-corrected chi connectivity index (χ4v) is 5.51. The number of benzene rings is 2. The third-order valence-corrected chi connectivity index (χ3v) is 7.78. The van der Waals surface area contributed by atoms with Gasteiger partial charge in [0.2, 0.25) is 0 Å². The summed E-state index contributed by atoms with van der Waals surface area (Å²) in [6.07, 6.45) is 0. The summed E-state index contributed by atoms with van der Waals surface area (Å²) in [7, 11) is -3.76. The number of rotatable bonds is 6. The maximum atomic E-state index is 12.8. The Morgan fingerprint density at radius 2 is 1.61 bits per heavy atom. The number of hydrogen-bond donors (Lipinski definition) is 2. The first kappa shape index (κ1) is 18.7. The maximum absolute atomic E-state index is 12.8. The summed E-state index contributed by atoms with van der Waals surface area (Å²) in [6, 6.07) is 18.0. The molecule has 8 heteroatoms. The SMILES string of the molecule is O=C(NCc1cccs1)c1cc2ccccc2cc1NS(=O)(=O)c1cccs1. The minimum atomic E-state index is -3.76. The predicted octanol–water partition coefficient (Wildman–Crippen LogP) is 4.69. The monoisotopic (exact) mass is 428 g/mol. The molecular weight excluding hydrogens is 412 g/mol. The Labute approximate surface area is 170 Å². The van der Waals surface area contributed by atoms with Gasteiger partial charge in [-0.3, -0.25) is 9.52 Å². The van der Waals surface area contributed by atoms with Crippen LogP contribution in [0.25, 0.3) is 10.8 Å². The van der Waals surface area contributed by atoms with E-state index in [0.717, 1.165) is 27.0 Å². The zero-order chi connectivity index (χ0) is 19.6. The van der Waals surface area contributed by atoms with E-state index in [-0.39, 0.29) is 21.4 Å². The van der Waals surface area contributed by atoms with Crippen LogP contribution in [0.5, 0.6) is 0 Å². The van der Waals surface area contributed by atoms with Crippen LogP contribution >= 0.6 is 22.7 Å². The zero-order valence-corrected chi connectivity index (χ0v) is 17.0. The van der Waals surface area contributed by atoms with Gasteiger partial charge in [-0.05, 0) is 45.8 Å². The van der Waals surface area contributed by atoms with E-state index in [0.29, 0.717) is 6.54 Å². The molecule has 0 bridgehead atoms. The molecule has 0 aliphatic carbocycles. The van der Waals surface area contributed by atoms with Crippen molar-refractivity contribution in [3.8, 4) is 0 Å². The molecule has 142 valence electrons. The van der Waals surface area contributed by atoms with Crippen LogP contribution in [0.1, 0.15) is 15.2 Å². The first-order valence-electron chi connectivity index (χ1n) is 8.43. The molecule has 0 saturated carbocycles. The summed E-state index contributed by atoms with van der Waals surface area (Å²) in [4.78, 5) is 13.9. The van der Waals surface area contributed by atoms with E-state index in [1.54, 1.807) is 34.9 Å². The van der Waals surface area contributed by atoms with Gasteiger partial charge < -0.3 is 5.32 Å². The van der Waals surface area contributed by atoms with E-state index in [9.17, 15) is 13.2 Å². The quantitative estimate of drug-likeness (QED) is 0.468. The fourth-order valence-electron chi connectivity index (χ4n) is 2.80. The Morgan fingerprint density at radius 1 is 0.893 bits per heavy atom. The Kier molecular flexibility index (Phi) is 5.17. The summed E-state index contributed by atoms with van der Waals surface area (Å²) >= 11 is 2.68. The van der Waals surface area contributed by atoms with Gasteiger partial charge in [-0.25, -0.2) is 8.42 Å². The second-order valence-corrected chi connectivity index (χ2v) is 9.93. The van der Waals surface area contributed by atoms with Crippen LogP contribution in [0.4, 0.5) is 5.69 Å². The predicted molar refractivity (Wildman–Crippen MR) is 115 cm³/mol. The number of amides is 1. The van der Waals surface area contributed by atoms with Crippen LogP contribution in [-0.2, 0) is 16.6 Å². The van der Waals surface area contributed by atoms with Crippen molar-refractivity contribution in [3.05, 3.63) is 81.9 Å². The van der Waals surface area contributed by atoms with Crippen LogP contribution < -0.4 is 10.0 Å². The highest BCUT2D eigenvalue weighted by Gasteiger charge is 2.20. The van der Waals surface area contributed by atoms with Crippen molar-refractivity contribution in [2.75, 3.05) is 4.72 Å². The topological polar surface area (TPSA) is 75.3 Å². The van der Waals surface area contributed by atoms with Gasteiger partial charge in [0.15, 0.2) is 0 Å². The second kappa shape index (κ2) is 7.75.